The zero-order valence-corrected chi connectivity index (χ0v) is 16.3. The zero-order chi connectivity index (χ0) is 18.9. The van der Waals surface area contributed by atoms with Crippen molar-refractivity contribution in [2.75, 3.05) is 14.1 Å². The van der Waals surface area contributed by atoms with Crippen molar-refractivity contribution in [2.45, 2.75) is 49.6 Å². The fraction of sp³-hybridized carbons (Fsp3) is 0.632. The Morgan fingerprint density at radius 2 is 1.81 bits per heavy atom. The van der Waals surface area contributed by atoms with E-state index in [1.54, 1.807) is 24.3 Å². The molecule has 2 fully saturated rings. The maximum Gasteiger partial charge on any atom is 0.242 e. The van der Waals surface area contributed by atoms with E-state index < -0.39 is 10.0 Å². The van der Waals surface area contributed by atoms with Gasteiger partial charge >= 0.3 is 0 Å². The molecule has 1 aromatic carbocycles. The maximum absolute atomic E-state index is 12.7. The Balaban J connectivity index is 1.68. The average Bonchev–Trinajstić information content (AvgIpc) is 2.59. The van der Waals surface area contributed by atoms with Gasteiger partial charge < -0.3 is 11.1 Å². The third-order valence-corrected chi connectivity index (χ3v) is 7.88. The molecule has 0 aromatic heterocycles. The van der Waals surface area contributed by atoms with E-state index in [9.17, 15) is 13.2 Å². The average molecular weight is 380 g/mol. The predicted octanol–water partition coefficient (Wildman–Crippen LogP) is 1.71. The number of amides is 1. The molecule has 2 bridgehead atoms. The Hall–Kier alpha value is -1.44. The van der Waals surface area contributed by atoms with Crippen molar-refractivity contribution in [1.29, 1.82) is 0 Å². The molecule has 2 atom stereocenters. The number of hydrogen-bond donors (Lipinski definition) is 2. The monoisotopic (exact) mass is 379 g/mol. The number of carbonyl (C=O) groups is 1. The van der Waals surface area contributed by atoms with Gasteiger partial charge in [0.25, 0.3) is 0 Å². The number of rotatable bonds is 5. The third-order valence-electron chi connectivity index (χ3n) is 5.97. The summed E-state index contributed by atoms with van der Waals surface area (Å²) in [5.74, 6) is 0.896. The molecule has 1 amide bonds. The summed E-state index contributed by atoms with van der Waals surface area (Å²) >= 11 is 0. The first-order valence-corrected chi connectivity index (χ1v) is 10.8. The van der Waals surface area contributed by atoms with Crippen LogP contribution in [0, 0.1) is 17.8 Å². The molecule has 3 N–H and O–H groups in total. The first-order valence-electron chi connectivity index (χ1n) is 9.34. The molecule has 0 spiro atoms. The summed E-state index contributed by atoms with van der Waals surface area (Å²) < 4.78 is 26.1. The van der Waals surface area contributed by atoms with Crippen LogP contribution in [0.3, 0.4) is 0 Å². The predicted molar refractivity (Wildman–Crippen MR) is 101 cm³/mol. The molecule has 1 aromatic rings. The fourth-order valence-corrected chi connectivity index (χ4v) is 5.54. The molecule has 2 aliphatic carbocycles. The van der Waals surface area contributed by atoms with E-state index in [-0.39, 0.29) is 29.3 Å². The minimum absolute atomic E-state index is 0.0114. The van der Waals surface area contributed by atoms with Gasteiger partial charge in [0.2, 0.25) is 15.9 Å². The Labute approximate surface area is 156 Å². The van der Waals surface area contributed by atoms with E-state index >= 15 is 0 Å². The molecule has 2 aliphatic rings. The molecular weight excluding hydrogens is 350 g/mol. The highest BCUT2D eigenvalue weighted by Crippen LogP contribution is 2.41. The smallest absolute Gasteiger partial charge is 0.242 e. The van der Waals surface area contributed by atoms with E-state index in [1.165, 1.54) is 24.8 Å². The van der Waals surface area contributed by atoms with Crippen molar-refractivity contribution in [3.8, 4) is 0 Å². The van der Waals surface area contributed by atoms with Crippen molar-refractivity contribution in [1.82, 2.24) is 9.62 Å². The molecule has 26 heavy (non-hydrogen) atoms. The van der Waals surface area contributed by atoms with Crippen LogP contribution in [0.5, 0.6) is 0 Å². The van der Waals surface area contributed by atoms with Crippen LogP contribution in [0.1, 0.15) is 37.7 Å². The van der Waals surface area contributed by atoms with E-state index in [0.717, 1.165) is 25.7 Å². The lowest BCUT2D eigenvalue weighted by molar-refractivity contribution is -0.128. The van der Waals surface area contributed by atoms with Crippen molar-refractivity contribution in [3.05, 3.63) is 29.8 Å². The van der Waals surface area contributed by atoms with E-state index in [0.29, 0.717) is 17.4 Å². The Morgan fingerprint density at radius 1 is 1.19 bits per heavy atom. The molecule has 0 aliphatic heterocycles. The third kappa shape index (κ3) is 3.80. The Morgan fingerprint density at radius 3 is 2.42 bits per heavy atom. The molecule has 7 heteroatoms. The quantitative estimate of drug-likeness (QED) is 0.814. The van der Waals surface area contributed by atoms with Gasteiger partial charge in [0.15, 0.2) is 0 Å². The lowest BCUT2D eigenvalue weighted by Gasteiger charge is -2.43. The highest BCUT2D eigenvalue weighted by atomic mass is 32.2. The first kappa shape index (κ1) is 19.3. The number of nitrogens with one attached hydrogen (secondary N) is 1. The number of nitrogens with zero attached hydrogens (tertiary/aromatic N) is 1. The maximum atomic E-state index is 12.7. The van der Waals surface area contributed by atoms with Crippen molar-refractivity contribution in [2.24, 2.45) is 23.5 Å². The van der Waals surface area contributed by atoms with Gasteiger partial charge in [-0.3, -0.25) is 4.79 Å². The van der Waals surface area contributed by atoms with Gasteiger partial charge in [0.1, 0.15) is 0 Å². The van der Waals surface area contributed by atoms with Gasteiger partial charge in [0.05, 0.1) is 4.90 Å². The van der Waals surface area contributed by atoms with Crippen LogP contribution in [0.15, 0.2) is 29.2 Å². The van der Waals surface area contributed by atoms with Gasteiger partial charge in [-0.05, 0) is 49.1 Å². The van der Waals surface area contributed by atoms with E-state index in [1.807, 2.05) is 0 Å². The van der Waals surface area contributed by atoms with E-state index in [4.69, 9.17) is 5.73 Å². The van der Waals surface area contributed by atoms with Crippen LogP contribution in [0.25, 0.3) is 0 Å². The molecule has 3 rings (SSSR count). The van der Waals surface area contributed by atoms with Crippen LogP contribution < -0.4 is 11.1 Å². The molecule has 0 radical (unpaired) electrons. The Bertz CT molecular complexity index is 749. The van der Waals surface area contributed by atoms with Crippen LogP contribution >= 0.6 is 0 Å². The molecule has 0 saturated heterocycles. The number of sulfonamides is 1. The van der Waals surface area contributed by atoms with Gasteiger partial charge in [0, 0.05) is 32.6 Å². The topological polar surface area (TPSA) is 92.5 Å². The second kappa shape index (κ2) is 7.66. The highest BCUT2D eigenvalue weighted by molar-refractivity contribution is 7.89. The SMILES string of the molecule is CN(C)S(=O)(=O)c1ccccc1CNC(=O)C1CC2CCCC(C1)C2N. The summed E-state index contributed by atoms with van der Waals surface area (Å²) in [6, 6.07) is 7.06. The normalized spacial score (nSPS) is 28.8. The van der Waals surface area contributed by atoms with E-state index in [2.05, 4.69) is 5.32 Å². The van der Waals surface area contributed by atoms with Gasteiger partial charge in [-0.2, -0.15) is 0 Å². The molecule has 0 heterocycles. The van der Waals surface area contributed by atoms with Crippen LogP contribution in [0.2, 0.25) is 0 Å². The standard InChI is InChI=1S/C19H29N3O3S/c1-22(2)26(24,25)17-9-4-3-6-15(17)12-21-19(23)16-10-13-7-5-8-14(11-16)18(13)20/h3-4,6,9,13-14,16,18H,5,7-8,10-12,20H2,1-2H3,(H,21,23). The summed E-state index contributed by atoms with van der Waals surface area (Å²) in [6.07, 6.45) is 5.14. The van der Waals surface area contributed by atoms with Crippen molar-refractivity contribution >= 4 is 15.9 Å². The van der Waals surface area contributed by atoms with Gasteiger partial charge in [-0.25, -0.2) is 12.7 Å². The molecule has 2 saturated carbocycles. The lowest BCUT2D eigenvalue weighted by Crippen LogP contribution is -2.49. The number of benzene rings is 1. The van der Waals surface area contributed by atoms with Crippen LogP contribution in [-0.4, -0.2) is 38.8 Å². The zero-order valence-electron chi connectivity index (χ0n) is 15.5. The largest absolute Gasteiger partial charge is 0.352 e. The minimum atomic E-state index is -3.53. The van der Waals surface area contributed by atoms with Gasteiger partial charge in [-0.1, -0.05) is 24.6 Å². The molecular formula is C19H29N3O3S. The molecule has 6 nitrogen and oxygen atoms in total. The summed E-state index contributed by atoms with van der Waals surface area (Å²) in [5.41, 5.74) is 6.92. The fourth-order valence-electron chi connectivity index (χ4n) is 4.43. The molecule has 144 valence electrons. The van der Waals surface area contributed by atoms with Crippen molar-refractivity contribution in [3.63, 3.8) is 0 Å². The number of nitrogens with two attached hydrogens (primary N) is 1. The summed E-state index contributed by atoms with van der Waals surface area (Å²) in [6.45, 7) is 0.222. The number of carbonyl (C=O) groups excluding carboxylic acids is 1. The Kier molecular flexibility index (Phi) is 5.69. The second-order valence-corrected chi connectivity index (χ2v) is 9.93. The number of fused-ring (bicyclic) bond motifs is 2. The number of hydrogen-bond acceptors (Lipinski definition) is 4. The lowest BCUT2D eigenvalue weighted by atomic mass is 9.65. The summed E-state index contributed by atoms with van der Waals surface area (Å²) in [5, 5.41) is 2.96. The molecule has 2 unspecified atom stereocenters. The first-order chi connectivity index (χ1) is 12.3. The van der Waals surface area contributed by atoms with Crippen molar-refractivity contribution < 1.29 is 13.2 Å². The minimum Gasteiger partial charge on any atom is -0.352 e. The van der Waals surface area contributed by atoms with Gasteiger partial charge in [-0.15, -0.1) is 0 Å². The summed E-state index contributed by atoms with van der Waals surface area (Å²) in [4.78, 5) is 12.9. The second-order valence-electron chi connectivity index (χ2n) is 7.81. The highest BCUT2D eigenvalue weighted by Gasteiger charge is 2.40. The van der Waals surface area contributed by atoms with Crippen LogP contribution in [0.4, 0.5) is 0 Å². The van der Waals surface area contributed by atoms with Crippen LogP contribution in [-0.2, 0) is 21.4 Å². The summed E-state index contributed by atoms with van der Waals surface area (Å²) in [7, 11) is -0.517.